The minimum absolute atomic E-state index is 0.00685. The van der Waals surface area contributed by atoms with Gasteiger partial charge in [-0.1, -0.05) is 0 Å². The van der Waals surface area contributed by atoms with E-state index in [1.165, 1.54) is 17.2 Å². The molecule has 6 nitrogen and oxygen atoms in total. The van der Waals surface area contributed by atoms with Gasteiger partial charge in [-0.25, -0.2) is 4.98 Å². The van der Waals surface area contributed by atoms with E-state index < -0.39 is 17.6 Å². The Morgan fingerprint density at radius 2 is 2.27 bits per heavy atom. The van der Waals surface area contributed by atoms with Crippen molar-refractivity contribution in [2.24, 2.45) is 5.92 Å². The highest BCUT2D eigenvalue weighted by atomic mass is 79.9. The highest BCUT2D eigenvalue weighted by molar-refractivity contribution is 9.10. The van der Waals surface area contributed by atoms with E-state index in [0.29, 0.717) is 30.5 Å². The lowest BCUT2D eigenvalue weighted by Crippen LogP contribution is -2.33. The van der Waals surface area contributed by atoms with Crippen LogP contribution in [0.4, 0.5) is 24.7 Å². The molecule has 1 aromatic heterocycles. The van der Waals surface area contributed by atoms with Gasteiger partial charge in [-0.2, -0.15) is 13.2 Å². The molecule has 0 saturated carbocycles. The average Bonchev–Trinajstić information content (AvgIpc) is 2.82. The molecule has 1 saturated heterocycles. The Morgan fingerprint density at radius 1 is 1.55 bits per heavy atom. The van der Waals surface area contributed by atoms with Gasteiger partial charge in [0.15, 0.2) is 0 Å². The standard InChI is InChI=1S/C12H14BrF3N4O2/c13-9-3-10(20(21)22)11(18-5-9)17-4-8-1-2-19(6-8)7-12(14,15)16/h3,5,8H,1-2,4,6-7H2,(H,17,18). The third kappa shape index (κ3) is 4.80. The van der Waals surface area contributed by atoms with Crippen LogP contribution in [0.25, 0.3) is 0 Å². The van der Waals surface area contributed by atoms with Crippen molar-refractivity contribution >= 4 is 27.4 Å². The van der Waals surface area contributed by atoms with Gasteiger partial charge < -0.3 is 5.32 Å². The molecule has 1 aromatic rings. The molecule has 0 aliphatic carbocycles. The van der Waals surface area contributed by atoms with Crippen molar-refractivity contribution < 1.29 is 18.1 Å². The van der Waals surface area contributed by atoms with Crippen LogP contribution in [0.3, 0.4) is 0 Å². The molecule has 0 aromatic carbocycles. The van der Waals surface area contributed by atoms with Crippen LogP contribution < -0.4 is 5.32 Å². The summed E-state index contributed by atoms with van der Waals surface area (Å²) in [5.41, 5.74) is -0.167. The van der Waals surface area contributed by atoms with Crippen molar-refractivity contribution in [2.75, 3.05) is 31.5 Å². The first-order valence-electron chi connectivity index (χ1n) is 6.57. The van der Waals surface area contributed by atoms with Crippen LogP contribution in [-0.4, -0.2) is 47.2 Å². The number of hydrogen-bond acceptors (Lipinski definition) is 5. The van der Waals surface area contributed by atoms with Gasteiger partial charge in [-0.15, -0.1) is 0 Å². The van der Waals surface area contributed by atoms with Crippen LogP contribution in [0, 0.1) is 16.0 Å². The molecule has 1 N–H and O–H groups in total. The number of pyridine rings is 1. The quantitative estimate of drug-likeness (QED) is 0.625. The zero-order valence-electron chi connectivity index (χ0n) is 11.4. The molecule has 0 spiro atoms. The van der Waals surface area contributed by atoms with E-state index in [4.69, 9.17) is 0 Å². The van der Waals surface area contributed by atoms with E-state index in [1.807, 2.05) is 0 Å². The second-order valence-corrected chi connectivity index (χ2v) is 6.08. The normalized spacial score (nSPS) is 19.4. The van der Waals surface area contributed by atoms with Gasteiger partial charge in [-0.05, 0) is 34.8 Å². The smallest absolute Gasteiger partial charge is 0.364 e. The number of hydrogen-bond donors (Lipinski definition) is 1. The Kier molecular flexibility index (Phi) is 5.22. The number of likely N-dealkylation sites (tertiary alicyclic amines) is 1. The summed E-state index contributed by atoms with van der Waals surface area (Å²) < 4.78 is 37.4. The van der Waals surface area contributed by atoms with Gasteiger partial charge in [0.25, 0.3) is 0 Å². The molecule has 1 aliphatic heterocycles. The second-order valence-electron chi connectivity index (χ2n) is 5.16. The lowest BCUT2D eigenvalue weighted by molar-refractivity contribution is -0.384. The SMILES string of the molecule is O=[N+]([O-])c1cc(Br)cnc1NCC1CCN(CC(F)(F)F)C1. The number of nitrogens with one attached hydrogen (secondary N) is 1. The van der Waals surface area contributed by atoms with E-state index in [1.54, 1.807) is 0 Å². The molecular formula is C12H14BrF3N4O2. The molecule has 1 fully saturated rings. The van der Waals surface area contributed by atoms with Crippen LogP contribution in [0.5, 0.6) is 0 Å². The largest absolute Gasteiger partial charge is 0.401 e. The van der Waals surface area contributed by atoms with Gasteiger partial charge in [0.1, 0.15) is 0 Å². The molecule has 1 aliphatic rings. The predicted octanol–water partition coefficient (Wildman–Crippen LogP) is 3.05. The van der Waals surface area contributed by atoms with Crippen molar-refractivity contribution in [1.82, 2.24) is 9.88 Å². The van der Waals surface area contributed by atoms with Crippen LogP contribution in [0.2, 0.25) is 0 Å². The number of aromatic nitrogens is 1. The summed E-state index contributed by atoms with van der Waals surface area (Å²) in [6, 6.07) is 1.33. The Hall–Kier alpha value is -1.42. The van der Waals surface area contributed by atoms with E-state index in [2.05, 4.69) is 26.2 Å². The Bertz CT molecular complexity index is 556. The first kappa shape index (κ1) is 16.9. The maximum Gasteiger partial charge on any atom is 0.401 e. The zero-order valence-corrected chi connectivity index (χ0v) is 13.0. The van der Waals surface area contributed by atoms with Gasteiger partial charge in [0.05, 0.1) is 11.5 Å². The summed E-state index contributed by atoms with van der Waals surface area (Å²) in [7, 11) is 0. The third-order valence-corrected chi connectivity index (χ3v) is 3.80. The fourth-order valence-electron chi connectivity index (χ4n) is 2.42. The van der Waals surface area contributed by atoms with Crippen LogP contribution in [-0.2, 0) is 0 Å². The molecule has 2 rings (SSSR count). The first-order valence-corrected chi connectivity index (χ1v) is 7.37. The van der Waals surface area contributed by atoms with Gasteiger partial charge in [0, 0.05) is 29.8 Å². The Morgan fingerprint density at radius 3 is 2.91 bits per heavy atom. The van der Waals surface area contributed by atoms with E-state index >= 15 is 0 Å². The number of halogens is 4. The molecule has 0 amide bonds. The maximum absolute atomic E-state index is 12.3. The predicted molar refractivity (Wildman–Crippen MR) is 77.7 cm³/mol. The lowest BCUT2D eigenvalue weighted by Gasteiger charge is -2.18. The molecule has 2 heterocycles. The molecular weight excluding hydrogens is 369 g/mol. The number of anilines is 1. The molecule has 0 bridgehead atoms. The molecule has 10 heteroatoms. The molecule has 22 heavy (non-hydrogen) atoms. The monoisotopic (exact) mass is 382 g/mol. The lowest BCUT2D eigenvalue weighted by atomic mass is 10.1. The van der Waals surface area contributed by atoms with Crippen LogP contribution in [0.15, 0.2) is 16.7 Å². The summed E-state index contributed by atoms with van der Waals surface area (Å²) >= 11 is 3.11. The van der Waals surface area contributed by atoms with Crippen molar-refractivity contribution in [1.29, 1.82) is 0 Å². The topological polar surface area (TPSA) is 71.3 Å². The Labute approximate surface area is 133 Å². The molecule has 0 radical (unpaired) electrons. The molecule has 122 valence electrons. The highest BCUT2D eigenvalue weighted by Crippen LogP contribution is 2.27. The van der Waals surface area contributed by atoms with Crippen LogP contribution >= 0.6 is 15.9 Å². The van der Waals surface area contributed by atoms with Crippen molar-refractivity contribution in [3.05, 3.63) is 26.9 Å². The molecule has 1 atom stereocenters. The maximum atomic E-state index is 12.3. The minimum atomic E-state index is -4.20. The van der Waals surface area contributed by atoms with Gasteiger partial charge in [0.2, 0.25) is 5.82 Å². The fourth-order valence-corrected chi connectivity index (χ4v) is 2.74. The zero-order chi connectivity index (χ0) is 16.3. The summed E-state index contributed by atoms with van der Waals surface area (Å²) in [5, 5.41) is 13.8. The van der Waals surface area contributed by atoms with Gasteiger partial charge in [-0.3, -0.25) is 15.0 Å². The van der Waals surface area contributed by atoms with Crippen LogP contribution in [0.1, 0.15) is 6.42 Å². The number of nitro groups is 1. The van der Waals surface area contributed by atoms with Crippen molar-refractivity contribution in [3.8, 4) is 0 Å². The highest BCUT2D eigenvalue weighted by Gasteiger charge is 2.34. The summed E-state index contributed by atoms with van der Waals surface area (Å²) in [6.07, 6.45) is -2.15. The summed E-state index contributed by atoms with van der Waals surface area (Å²) in [5.74, 6) is 0.134. The van der Waals surface area contributed by atoms with Crippen molar-refractivity contribution in [3.63, 3.8) is 0 Å². The minimum Gasteiger partial charge on any atom is -0.364 e. The summed E-state index contributed by atoms with van der Waals surface area (Å²) in [6.45, 7) is 0.128. The number of rotatable bonds is 5. The third-order valence-electron chi connectivity index (χ3n) is 3.36. The summed E-state index contributed by atoms with van der Waals surface area (Å²) in [4.78, 5) is 15.7. The fraction of sp³-hybridized carbons (Fsp3) is 0.583. The van der Waals surface area contributed by atoms with E-state index in [0.717, 1.165) is 0 Å². The first-order chi connectivity index (χ1) is 10.2. The van der Waals surface area contributed by atoms with Gasteiger partial charge >= 0.3 is 11.9 Å². The second kappa shape index (κ2) is 6.78. The number of nitrogens with zero attached hydrogens (tertiary/aromatic N) is 3. The number of alkyl halides is 3. The van der Waals surface area contributed by atoms with E-state index in [-0.39, 0.29) is 17.4 Å². The van der Waals surface area contributed by atoms with E-state index in [9.17, 15) is 23.3 Å². The average molecular weight is 383 g/mol. The Balaban J connectivity index is 1.91. The molecule has 1 unspecified atom stereocenters. The van der Waals surface area contributed by atoms with Crippen molar-refractivity contribution in [2.45, 2.75) is 12.6 Å².